The summed E-state index contributed by atoms with van der Waals surface area (Å²) in [5.41, 5.74) is 3.28. The molecule has 0 aliphatic carbocycles. The van der Waals surface area contributed by atoms with E-state index in [4.69, 9.17) is 4.74 Å². The summed E-state index contributed by atoms with van der Waals surface area (Å²) in [7, 11) is 1.65. The largest absolute Gasteiger partial charge is 0.497 e. The molecule has 0 heterocycles. The first-order valence-corrected chi connectivity index (χ1v) is 10.3. The highest BCUT2D eigenvalue weighted by molar-refractivity contribution is 5.79. The highest BCUT2D eigenvalue weighted by Crippen LogP contribution is 2.24. The van der Waals surface area contributed by atoms with E-state index in [9.17, 15) is 4.79 Å². The van der Waals surface area contributed by atoms with Gasteiger partial charge in [-0.25, -0.2) is 0 Å². The first-order valence-electron chi connectivity index (χ1n) is 10.3. The third-order valence-corrected chi connectivity index (χ3v) is 5.19. The van der Waals surface area contributed by atoms with Crippen LogP contribution >= 0.6 is 0 Å². The van der Waals surface area contributed by atoms with Crippen LogP contribution in [-0.2, 0) is 11.3 Å². The maximum absolute atomic E-state index is 13.1. The maximum Gasteiger partial charge on any atom is 0.234 e. The van der Waals surface area contributed by atoms with E-state index in [1.54, 1.807) is 7.11 Å². The second kappa shape index (κ2) is 10.6. The molecule has 156 valence electrons. The smallest absolute Gasteiger partial charge is 0.234 e. The van der Waals surface area contributed by atoms with Crippen LogP contribution in [0.1, 0.15) is 36.6 Å². The first-order chi connectivity index (χ1) is 14.6. The van der Waals surface area contributed by atoms with Crippen LogP contribution < -0.4 is 10.1 Å². The fourth-order valence-electron chi connectivity index (χ4n) is 3.43. The van der Waals surface area contributed by atoms with Crippen molar-refractivity contribution in [3.05, 3.63) is 102 Å². The normalized spacial score (nSPS) is 12.0. The van der Waals surface area contributed by atoms with Gasteiger partial charge in [0.15, 0.2) is 0 Å². The number of benzene rings is 3. The Kier molecular flexibility index (Phi) is 7.63. The summed E-state index contributed by atoms with van der Waals surface area (Å²) >= 11 is 0. The Morgan fingerprint density at radius 2 is 1.43 bits per heavy atom. The summed E-state index contributed by atoms with van der Waals surface area (Å²) < 4.78 is 5.28. The predicted octanol–water partition coefficient (Wildman–Crippen LogP) is 4.81. The second-order valence-corrected chi connectivity index (χ2v) is 7.67. The molecule has 1 unspecified atom stereocenters. The van der Waals surface area contributed by atoms with Crippen molar-refractivity contribution in [3.8, 4) is 5.75 Å². The van der Waals surface area contributed by atoms with Gasteiger partial charge >= 0.3 is 0 Å². The first kappa shape index (κ1) is 21.6. The lowest BCUT2D eigenvalue weighted by molar-refractivity contribution is -0.123. The standard InChI is InChI=1S/C26H30N2O2/c1-20(2)28(18-21-10-6-4-7-11-21)19-25(29)27-26(22-12-8-5-9-13-22)23-14-16-24(30-3)17-15-23/h4-17,20,26H,18-19H2,1-3H3,(H,27,29). The number of amides is 1. The van der Waals surface area contributed by atoms with Crippen LogP contribution in [0.4, 0.5) is 0 Å². The van der Waals surface area contributed by atoms with Crippen LogP contribution in [0.2, 0.25) is 0 Å². The van der Waals surface area contributed by atoms with E-state index in [1.807, 2.05) is 72.8 Å². The molecule has 4 heteroatoms. The summed E-state index contributed by atoms with van der Waals surface area (Å²) in [5.74, 6) is 0.801. The maximum atomic E-state index is 13.1. The summed E-state index contributed by atoms with van der Waals surface area (Å²) in [6.45, 7) is 5.32. The van der Waals surface area contributed by atoms with Gasteiger partial charge in [0, 0.05) is 12.6 Å². The van der Waals surface area contributed by atoms with E-state index in [2.05, 4.69) is 36.2 Å². The highest BCUT2D eigenvalue weighted by atomic mass is 16.5. The average Bonchev–Trinajstić information content (AvgIpc) is 2.78. The molecule has 0 aliphatic heterocycles. The van der Waals surface area contributed by atoms with Crippen LogP contribution in [0.15, 0.2) is 84.9 Å². The van der Waals surface area contributed by atoms with Gasteiger partial charge in [0.05, 0.1) is 19.7 Å². The van der Waals surface area contributed by atoms with Crippen molar-refractivity contribution in [2.24, 2.45) is 0 Å². The number of ether oxygens (including phenoxy) is 1. The predicted molar refractivity (Wildman–Crippen MR) is 121 cm³/mol. The Labute approximate surface area is 179 Å². The number of rotatable bonds is 9. The van der Waals surface area contributed by atoms with Gasteiger partial charge in [0.1, 0.15) is 5.75 Å². The number of carbonyl (C=O) groups is 1. The molecule has 0 saturated heterocycles. The van der Waals surface area contributed by atoms with Crippen LogP contribution in [-0.4, -0.2) is 30.5 Å². The third-order valence-electron chi connectivity index (χ3n) is 5.19. The van der Waals surface area contributed by atoms with Crippen molar-refractivity contribution in [2.45, 2.75) is 32.5 Å². The molecule has 0 radical (unpaired) electrons. The quantitative estimate of drug-likeness (QED) is 0.558. The Hall–Kier alpha value is -3.11. The molecule has 30 heavy (non-hydrogen) atoms. The Morgan fingerprint density at radius 1 is 0.867 bits per heavy atom. The molecule has 1 amide bonds. The van der Waals surface area contributed by atoms with Gasteiger partial charge in [-0.15, -0.1) is 0 Å². The topological polar surface area (TPSA) is 41.6 Å². The van der Waals surface area contributed by atoms with E-state index in [0.29, 0.717) is 6.54 Å². The van der Waals surface area contributed by atoms with Crippen LogP contribution in [0.25, 0.3) is 0 Å². The molecule has 0 fully saturated rings. The zero-order valence-electron chi connectivity index (χ0n) is 17.9. The zero-order valence-corrected chi connectivity index (χ0v) is 17.9. The molecule has 1 atom stereocenters. The minimum Gasteiger partial charge on any atom is -0.497 e. The molecule has 0 saturated carbocycles. The van der Waals surface area contributed by atoms with Crippen LogP contribution in [0, 0.1) is 0 Å². The van der Waals surface area contributed by atoms with Crippen molar-refractivity contribution in [2.75, 3.05) is 13.7 Å². The van der Waals surface area contributed by atoms with Crippen LogP contribution in [0.3, 0.4) is 0 Å². The summed E-state index contributed by atoms with van der Waals surface area (Å²) in [6, 6.07) is 28.2. The monoisotopic (exact) mass is 402 g/mol. The SMILES string of the molecule is COc1ccc(C(NC(=O)CN(Cc2ccccc2)C(C)C)c2ccccc2)cc1. The van der Waals surface area contributed by atoms with Crippen molar-refractivity contribution < 1.29 is 9.53 Å². The molecule has 4 nitrogen and oxygen atoms in total. The van der Waals surface area contributed by atoms with E-state index in [1.165, 1.54) is 5.56 Å². The number of nitrogens with one attached hydrogen (secondary N) is 1. The number of hydrogen-bond acceptors (Lipinski definition) is 3. The fraction of sp³-hybridized carbons (Fsp3) is 0.269. The molecule has 0 spiro atoms. The molecular weight excluding hydrogens is 372 g/mol. The van der Waals surface area contributed by atoms with Crippen molar-refractivity contribution in [1.82, 2.24) is 10.2 Å². The van der Waals surface area contributed by atoms with E-state index in [0.717, 1.165) is 23.4 Å². The highest BCUT2D eigenvalue weighted by Gasteiger charge is 2.20. The number of methoxy groups -OCH3 is 1. The number of hydrogen-bond donors (Lipinski definition) is 1. The van der Waals surface area contributed by atoms with Gasteiger partial charge in [-0.05, 0) is 42.7 Å². The minimum atomic E-state index is -0.213. The average molecular weight is 403 g/mol. The molecular formula is C26H30N2O2. The Balaban J connectivity index is 1.76. The van der Waals surface area contributed by atoms with E-state index >= 15 is 0 Å². The van der Waals surface area contributed by atoms with Gasteiger partial charge in [-0.1, -0.05) is 72.8 Å². The zero-order chi connectivity index (χ0) is 21.3. The molecule has 0 bridgehead atoms. The third kappa shape index (κ3) is 5.94. The lowest BCUT2D eigenvalue weighted by Crippen LogP contribution is -2.41. The molecule has 0 aromatic heterocycles. The van der Waals surface area contributed by atoms with Gasteiger partial charge in [0.2, 0.25) is 5.91 Å². The van der Waals surface area contributed by atoms with Crippen molar-refractivity contribution in [1.29, 1.82) is 0 Å². The molecule has 3 aromatic carbocycles. The van der Waals surface area contributed by atoms with E-state index < -0.39 is 0 Å². The number of carbonyl (C=O) groups excluding carboxylic acids is 1. The molecule has 0 aliphatic rings. The molecule has 3 rings (SSSR count). The fourth-order valence-corrected chi connectivity index (χ4v) is 3.43. The van der Waals surface area contributed by atoms with Crippen molar-refractivity contribution in [3.63, 3.8) is 0 Å². The summed E-state index contributed by atoms with van der Waals surface area (Å²) in [4.78, 5) is 15.2. The minimum absolute atomic E-state index is 0.00398. The van der Waals surface area contributed by atoms with Crippen LogP contribution in [0.5, 0.6) is 5.75 Å². The number of nitrogens with zero attached hydrogens (tertiary/aromatic N) is 1. The summed E-state index contributed by atoms with van der Waals surface area (Å²) in [5, 5.41) is 3.24. The van der Waals surface area contributed by atoms with Gasteiger partial charge in [-0.3, -0.25) is 9.69 Å². The lowest BCUT2D eigenvalue weighted by Gasteiger charge is -2.27. The van der Waals surface area contributed by atoms with Gasteiger partial charge < -0.3 is 10.1 Å². The van der Waals surface area contributed by atoms with Crippen molar-refractivity contribution >= 4 is 5.91 Å². The molecule has 3 aromatic rings. The lowest BCUT2D eigenvalue weighted by atomic mass is 9.98. The Morgan fingerprint density at radius 3 is 2.00 bits per heavy atom. The van der Waals surface area contributed by atoms with Gasteiger partial charge in [-0.2, -0.15) is 0 Å². The second-order valence-electron chi connectivity index (χ2n) is 7.67. The Bertz CT molecular complexity index is 909. The summed E-state index contributed by atoms with van der Waals surface area (Å²) in [6.07, 6.45) is 0. The van der Waals surface area contributed by atoms with E-state index in [-0.39, 0.29) is 18.0 Å². The molecule has 1 N–H and O–H groups in total. The van der Waals surface area contributed by atoms with Gasteiger partial charge in [0.25, 0.3) is 0 Å².